The molecule has 28 heavy (non-hydrogen) atoms. The molecule has 0 radical (unpaired) electrons. The molecule has 2 rings (SSSR count). The van der Waals surface area contributed by atoms with Crippen LogP contribution in [0.2, 0.25) is 0 Å². The van der Waals surface area contributed by atoms with E-state index >= 15 is 0 Å². The summed E-state index contributed by atoms with van der Waals surface area (Å²) >= 11 is 0. The quantitative estimate of drug-likeness (QED) is 0.348. The molecule has 1 fully saturated rings. The molecule has 0 N–H and O–H groups in total. The Kier molecular flexibility index (Phi) is 10.3. The first-order valence-corrected chi connectivity index (χ1v) is 11.7. The van der Waals surface area contributed by atoms with Crippen LogP contribution in [0.3, 0.4) is 0 Å². The van der Waals surface area contributed by atoms with Gasteiger partial charge in [0.25, 0.3) is 0 Å². The highest BCUT2D eigenvalue weighted by molar-refractivity contribution is 5.31. The normalized spacial score (nSPS) is 20.9. The maximum Gasteiger partial charge on any atom is 0.200 e. The number of aryl methyl sites for hydroxylation is 1. The van der Waals surface area contributed by atoms with Crippen LogP contribution in [0.5, 0.6) is 5.75 Å². The highest BCUT2D eigenvalue weighted by Gasteiger charge is 2.26. The van der Waals surface area contributed by atoms with Gasteiger partial charge in [0.1, 0.15) is 0 Å². The predicted octanol–water partition coefficient (Wildman–Crippen LogP) is 8.10. The van der Waals surface area contributed by atoms with Crippen molar-refractivity contribution in [2.75, 3.05) is 6.61 Å². The minimum atomic E-state index is -0.828. The van der Waals surface area contributed by atoms with Crippen LogP contribution in [-0.4, -0.2) is 6.61 Å². The molecule has 1 nitrogen and oxygen atoms in total. The Bertz CT molecular complexity index is 564. The molecule has 1 aromatic rings. The Morgan fingerprint density at radius 3 is 2.32 bits per heavy atom. The molecule has 0 heterocycles. The smallest absolute Gasteiger partial charge is 0.200 e. The molecular weight excluding hydrogens is 354 g/mol. The first kappa shape index (κ1) is 23.2. The summed E-state index contributed by atoms with van der Waals surface area (Å²) in [5.74, 6) is 1.00. The van der Waals surface area contributed by atoms with Gasteiger partial charge in [0, 0.05) is 0 Å². The van der Waals surface area contributed by atoms with Gasteiger partial charge >= 0.3 is 0 Å². The fraction of sp³-hybridized carbons (Fsp3) is 0.760. The molecule has 0 saturated heterocycles. The average Bonchev–Trinajstić information content (AvgIpc) is 2.71. The van der Waals surface area contributed by atoms with E-state index < -0.39 is 11.6 Å². The molecule has 1 aliphatic rings. The number of rotatable bonds is 12. The molecule has 1 aromatic carbocycles. The van der Waals surface area contributed by atoms with Crippen LogP contribution in [0.25, 0.3) is 0 Å². The summed E-state index contributed by atoms with van der Waals surface area (Å²) in [7, 11) is 0. The Morgan fingerprint density at radius 1 is 0.929 bits per heavy atom. The number of ether oxygens (including phenoxy) is 1. The lowest BCUT2D eigenvalue weighted by molar-refractivity contribution is 0.179. The summed E-state index contributed by atoms with van der Waals surface area (Å²) in [4.78, 5) is 0. The monoisotopic (exact) mass is 394 g/mol. The first-order valence-electron chi connectivity index (χ1n) is 11.7. The van der Waals surface area contributed by atoms with Crippen molar-refractivity contribution >= 4 is 0 Å². The van der Waals surface area contributed by atoms with Crippen LogP contribution in [0.15, 0.2) is 12.1 Å². The third-order valence-electron chi connectivity index (χ3n) is 6.52. The molecule has 3 heteroatoms. The van der Waals surface area contributed by atoms with Gasteiger partial charge in [-0.1, -0.05) is 65.4 Å². The van der Waals surface area contributed by atoms with Gasteiger partial charge in [-0.3, -0.25) is 0 Å². The van der Waals surface area contributed by atoms with Gasteiger partial charge in [0.05, 0.1) is 6.61 Å². The zero-order valence-corrected chi connectivity index (χ0v) is 18.2. The molecule has 0 amide bonds. The van der Waals surface area contributed by atoms with E-state index in [-0.39, 0.29) is 5.75 Å². The van der Waals surface area contributed by atoms with Crippen LogP contribution < -0.4 is 4.74 Å². The molecule has 0 aromatic heterocycles. The lowest BCUT2D eigenvalue weighted by Gasteiger charge is -2.34. The summed E-state index contributed by atoms with van der Waals surface area (Å²) in [5.41, 5.74) is 0.489. The van der Waals surface area contributed by atoms with Crippen molar-refractivity contribution in [1.82, 2.24) is 0 Å². The largest absolute Gasteiger partial charge is 0.490 e. The molecular formula is C25H40F2O. The Morgan fingerprint density at radius 2 is 1.68 bits per heavy atom. The van der Waals surface area contributed by atoms with Gasteiger partial charge in [-0.2, -0.15) is 4.39 Å². The van der Waals surface area contributed by atoms with Gasteiger partial charge < -0.3 is 4.74 Å². The van der Waals surface area contributed by atoms with Crippen LogP contribution in [0.1, 0.15) is 97.0 Å². The van der Waals surface area contributed by atoms with Crippen molar-refractivity contribution in [3.63, 3.8) is 0 Å². The first-order chi connectivity index (χ1) is 13.6. The average molecular weight is 395 g/mol. The molecule has 0 aliphatic heterocycles. The highest BCUT2D eigenvalue weighted by atomic mass is 19.2. The summed E-state index contributed by atoms with van der Waals surface area (Å²) in [6.07, 6.45) is 14.1. The fourth-order valence-corrected chi connectivity index (χ4v) is 4.99. The standard InChI is InChI=1S/C25H40F2O/c1-4-8-19-12-14-21(15-13-19)20(9-5-2)10-7-11-22-16-17-23(28-18-6-3)25(27)24(22)26/h16-17,19-21H,4-15,18H2,1-3H3. The number of hydrogen-bond acceptors (Lipinski definition) is 1. The van der Waals surface area contributed by atoms with Crippen molar-refractivity contribution in [3.8, 4) is 5.75 Å². The van der Waals surface area contributed by atoms with E-state index in [1.807, 2.05) is 6.92 Å². The molecule has 160 valence electrons. The van der Waals surface area contributed by atoms with E-state index in [4.69, 9.17) is 4.74 Å². The van der Waals surface area contributed by atoms with Crippen LogP contribution in [0.4, 0.5) is 8.78 Å². The second-order valence-electron chi connectivity index (χ2n) is 8.71. The van der Waals surface area contributed by atoms with Gasteiger partial charge in [0.15, 0.2) is 11.6 Å². The van der Waals surface area contributed by atoms with Gasteiger partial charge in [0.2, 0.25) is 5.82 Å². The Labute approximate surface area is 171 Å². The molecule has 1 atom stereocenters. The van der Waals surface area contributed by atoms with E-state index in [9.17, 15) is 8.78 Å². The van der Waals surface area contributed by atoms with Crippen molar-refractivity contribution in [2.45, 2.75) is 97.8 Å². The van der Waals surface area contributed by atoms with Crippen LogP contribution in [-0.2, 0) is 6.42 Å². The minimum Gasteiger partial charge on any atom is -0.490 e. The summed E-state index contributed by atoms with van der Waals surface area (Å²) in [6.45, 7) is 6.91. The summed E-state index contributed by atoms with van der Waals surface area (Å²) < 4.78 is 33.8. The van der Waals surface area contributed by atoms with Crippen LogP contribution >= 0.6 is 0 Å². The lowest BCUT2D eigenvalue weighted by atomic mass is 9.72. The second-order valence-corrected chi connectivity index (χ2v) is 8.71. The molecule has 0 bridgehead atoms. The van der Waals surface area contributed by atoms with Crippen molar-refractivity contribution in [1.29, 1.82) is 0 Å². The fourth-order valence-electron chi connectivity index (χ4n) is 4.99. The minimum absolute atomic E-state index is 0.0378. The SMILES string of the molecule is CCCOc1ccc(CCCC(CCC)C2CCC(CCC)CC2)c(F)c1F. The molecule has 0 spiro atoms. The zero-order valence-electron chi connectivity index (χ0n) is 18.2. The second kappa shape index (κ2) is 12.4. The van der Waals surface area contributed by atoms with Gasteiger partial charge in [-0.25, -0.2) is 4.39 Å². The van der Waals surface area contributed by atoms with E-state index in [2.05, 4.69) is 13.8 Å². The van der Waals surface area contributed by atoms with Crippen molar-refractivity contribution in [3.05, 3.63) is 29.3 Å². The number of benzene rings is 1. The third kappa shape index (κ3) is 6.74. The lowest BCUT2D eigenvalue weighted by Crippen LogP contribution is -2.22. The van der Waals surface area contributed by atoms with Crippen molar-refractivity contribution < 1.29 is 13.5 Å². The van der Waals surface area contributed by atoms with Gasteiger partial charge in [-0.05, 0) is 67.9 Å². The highest BCUT2D eigenvalue weighted by Crippen LogP contribution is 2.39. The van der Waals surface area contributed by atoms with E-state index in [0.717, 1.165) is 37.0 Å². The summed E-state index contributed by atoms with van der Waals surface area (Å²) in [6, 6.07) is 3.29. The maximum atomic E-state index is 14.4. The summed E-state index contributed by atoms with van der Waals surface area (Å²) in [5, 5.41) is 0. The van der Waals surface area contributed by atoms with Crippen molar-refractivity contribution in [2.24, 2.45) is 17.8 Å². The molecule has 1 unspecified atom stereocenters. The molecule has 1 aliphatic carbocycles. The number of hydrogen-bond donors (Lipinski definition) is 0. The van der Waals surface area contributed by atoms with E-state index in [1.54, 1.807) is 12.1 Å². The Hall–Kier alpha value is -1.12. The number of halogens is 2. The van der Waals surface area contributed by atoms with E-state index in [1.165, 1.54) is 51.4 Å². The predicted molar refractivity (Wildman–Crippen MR) is 114 cm³/mol. The third-order valence-corrected chi connectivity index (χ3v) is 6.52. The molecule has 1 saturated carbocycles. The topological polar surface area (TPSA) is 9.23 Å². The van der Waals surface area contributed by atoms with Gasteiger partial charge in [-0.15, -0.1) is 0 Å². The Balaban J connectivity index is 1.86. The maximum absolute atomic E-state index is 14.4. The van der Waals surface area contributed by atoms with E-state index in [0.29, 0.717) is 18.6 Å². The van der Waals surface area contributed by atoms with Crippen LogP contribution in [0, 0.1) is 29.4 Å². The zero-order chi connectivity index (χ0) is 20.4.